The van der Waals surface area contributed by atoms with Gasteiger partial charge in [0.15, 0.2) is 0 Å². The molecule has 1 aliphatic carbocycles. The van der Waals surface area contributed by atoms with Crippen molar-refractivity contribution in [2.45, 2.75) is 44.4 Å². The van der Waals surface area contributed by atoms with Crippen LogP contribution in [0.1, 0.15) is 50.2 Å². The third kappa shape index (κ3) is 2.71. The summed E-state index contributed by atoms with van der Waals surface area (Å²) in [7, 11) is 0. The Morgan fingerprint density at radius 2 is 2.07 bits per heavy atom. The van der Waals surface area contributed by atoms with Gasteiger partial charge in [0.2, 0.25) is 0 Å². The summed E-state index contributed by atoms with van der Waals surface area (Å²) in [6.07, 6.45) is 3.62. The van der Waals surface area contributed by atoms with Crippen LogP contribution in [0.4, 0.5) is 0 Å². The van der Waals surface area contributed by atoms with Gasteiger partial charge in [0.1, 0.15) is 0 Å². The van der Waals surface area contributed by atoms with Crippen LogP contribution in [-0.4, -0.2) is 0 Å². The number of rotatable bonds is 3. The molecule has 0 bridgehead atoms. The number of hydrogen-bond donors (Lipinski definition) is 0. The van der Waals surface area contributed by atoms with Gasteiger partial charge in [0, 0.05) is 32.7 Å². The van der Waals surface area contributed by atoms with Crippen LogP contribution in [-0.2, 0) is 38.1 Å². The molecule has 1 radical (unpaired) electrons. The summed E-state index contributed by atoms with van der Waals surface area (Å²) in [6.45, 7) is 8.47. The van der Waals surface area contributed by atoms with E-state index in [-0.39, 0.29) is 32.7 Å². The molecule has 0 N–H and O–H groups in total. The summed E-state index contributed by atoms with van der Waals surface area (Å²) in [5.41, 5.74) is 3.15. The molecule has 79 valence electrons. The van der Waals surface area contributed by atoms with Crippen molar-refractivity contribution in [3.63, 3.8) is 0 Å². The van der Waals surface area contributed by atoms with E-state index in [0.717, 1.165) is 6.42 Å². The zero-order valence-corrected chi connectivity index (χ0v) is 12.6. The van der Waals surface area contributed by atoms with Crippen molar-refractivity contribution >= 4 is 0 Å². The first-order chi connectivity index (χ1) is 6.68. The van der Waals surface area contributed by atoms with Gasteiger partial charge in [-0.2, -0.15) is 41.8 Å². The van der Waals surface area contributed by atoms with Gasteiger partial charge in [-0.3, -0.25) is 0 Å². The minimum absolute atomic E-state index is 0. The van der Waals surface area contributed by atoms with E-state index in [1.165, 1.54) is 24.0 Å². The minimum Gasteiger partial charge on any atom is -0.343 e. The molecule has 0 spiro atoms. The molecule has 1 saturated carbocycles. The van der Waals surface area contributed by atoms with Crippen molar-refractivity contribution in [2.24, 2.45) is 0 Å². The molecule has 15 heavy (non-hydrogen) atoms. The molecule has 0 aliphatic heterocycles. The Labute approximate surface area is 119 Å². The fraction of sp³-hybridized carbons (Fsp3) is 0.500. The van der Waals surface area contributed by atoms with Gasteiger partial charge in [-0.15, -0.1) is 0 Å². The second-order valence-electron chi connectivity index (χ2n) is 4.72. The molecule has 2 rings (SSSR count). The fourth-order valence-electron chi connectivity index (χ4n) is 1.93. The van der Waals surface area contributed by atoms with Gasteiger partial charge in [0.25, 0.3) is 0 Å². The van der Waals surface area contributed by atoms with Crippen molar-refractivity contribution < 1.29 is 32.7 Å². The first kappa shape index (κ1) is 13.4. The van der Waals surface area contributed by atoms with Gasteiger partial charge in [0.05, 0.1) is 0 Å². The first-order valence-electron chi connectivity index (χ1n) is 5.49. The maximum atomic E-state index is 4.03. The summed E-state index contributed by atoms with van der Waals surface area (Å²) >= 11 is 0. The quantitative estimate of drug-likeness (QED) is 0.735. The maximum absolute atomic E-state index is 4.03. The Morgan fingerprint density at radius 1 is 1.40 bits per heavy atom. The normalized spacial score (nSPS) is 17.3. The predicted octanol–water partition coefficient (Wildman–Crippen LogP) is 3.86. The van der Waals surface area contributed by atoms with Crippen LogP contribution < -0.4 is 0 Å². The molecule has 0 unspecified atom stereocenters. The van der Waals surface area contributed by atoms with Crippen LogP contribution >= 0.6 is 0 Å². The molecule has 0 saturated heterocycles. The Morgan fingerprint density at radius 3 is 2.40 bits per heavy atom. The van der Waals surface area contributed by atoms with E-state index in [1.54, 1.807) is 0 Å². The number of benzene rings is 1. The smallest absolute Gasteiger partial charge is 0 e. The van der Waals surface area contributed by atoms with Crippen molar-refractivity contribution in [3.8, 4) is 0 Å². The topological polar surface area (TPSA) is 0 Å². The molecule has 0 amide bonds. The average molecular weight is 275 g/mol. The van der Waals surface area contributed by atoms with Gasteiger partial charge < -0.3 is 6.92 Å². The molecule has 0 aromatic heterocycles. The van der Waals surface area contributed by atoms with E-state index in [9.17, 15) is 0 Å². The second-order valence-corrected chi connectivity index (χ2v) is 4.72. The molecular formula is C14H18Y-2. The van der Waals surface area contributed by atoms with Gasteiger partial charge in [-0.05, 0) is 12.8 Å². The van der Waals surface area contributed by atoms with Crippen molar-refractivity contribution in [1.29, 1.82) is 0 Å². The van der Waals surface area contributed by atoms with Crippen LogP contribution in [0, 0.1) is 13.0 Å². The Kier molecular flexibility index (Phi) is 4.55. The molecule has 1 heteroatoms. The molecule has 1 aromatic rings. The molecule has 0 heterocycles. The molecule has 1 aliphatic rings. The molecule has 0 atom stereocenters. The molecule has 1 fully saturated rings. The zero-order valence-electron chi connectivity index (χ0n) is 9.72. The SMILES string of the molecule is [CH2-]CC1(c2[c-]cc(C(C)C)cc2)CC1.[Y]. The average Bonchev–Trinajstić information content (AvgIpc) is 2.99. The largest absolute Gasteiger partial charge is 0.343 e. The van der Waals surface area contributed by atoms with E-state index in [2.05, 4.69) is 45.0 Å². The molecule has 1 aromatic carbocycles. The fourth-order valence-corrected chi connectivity index (χ4v) is 1.93. The van der Waals surface area contributed by atoms with Crippen LogP contribution in [0.25, 0.3) is 0 Å². The van der Waals surface area contributed by atoms with Crippen LogP contribution in [0.2, 0.25) is 0 Å². The van der Waals surface area contributed by atoms with Crippen molar-refractivity contribution in [2.75, 3.05) is 0 Å². The Hall–Kier alpha value is 0.324. The van der Waals surface area contributed by atoms with Crippen LogP contribution in [0.5, 0.6) is 0 Å². The van der Waals surface area contributed by atoms with E-state index in [4.69, 9.17) is 0 Å². The standard InChI is InChI=1S/C14H18.Y/c1-4-14(9-10-14)13-7-5-12(6-8-13)11(2)3;/h5-7,11H,1,4,9-10H2,2-3H3;/q-2;. The summed E-state index contributed by atoms with van der Waals surface area (Å²) in [5.74, 6) is 0.607. The summed E-state index contributed by atoms with van der Waals surface area (Å²) in [4.78, 5) is 0. The predicted molar refractivity (Wildman–Crippen MR) is 60.3 cm³/mol. The van der Waals surface area contributed by atoms with Gasteiger partial charge >= 0.3 is 0 Å². The van der Waals surface area contributed by atoms with Crippen LogP contribution in [0.3, 0.4) is 0 Å². The van der Waals surface area contributed by atoms with E-state index in [1.807, 2.05) is 0 Å². The van der Waals surface area contributed by atoms with Gasteiger partial charge in [-0.1, -0.05) is 25.2 Å². The third-order valence-electron chi connectivity index (χ3n) is 3.41. The molecular weight excluding hydrogens is 257 g/mol. The van der Waals surface area contributed by atoms with Gasteiger partial charge in [-0.25, -0.2) is 0 Å². The second kappa shape index (κ2) is 5.10. The Bertz CT molecular complexity index is 307. The molecule has 0 nitrogen and oxygen atoms in total. The van der Waals surface area contributed by atoms with E-state index < -0.39 is 0 Å². The first-order valence-corrected chi connectivity index (χ1v) is 5.49. The van der Waals surface area contributed by atoms with Crippen molar-refractivity contribution in [1.82, 2.24) is 0 Å². The summed E-state index contributed by atoms with van der Waals surface area (Å²) < 4.78 is 0. The van der Waals surface area contributed by atoms with Crippen molar-refractivity contribution in [3.05, 3.63) is 42.3 Å². The summed E-state index contributed by atoms with van der Waals surface area (Å²) in [6, 6.07) is 10.1. The summed E-state index contributed by atoms with van der Waals surface area (Å²) in [5, 5.41) is 0. The number of hydrogen-bond acceptors (Lipinski definition) is 0. The van der Waals surface area contributed by atoms with E-state index >= 15 is 0 Å². The minimum atomic E-state index is 0. The maximum Gasteiger partial charge on any atom is 0 e. The van der Waals surface area contributed by atoms with Crippen LogP contribution in [0.15, 0.2) is 18.2 Å². The van der Waals surface area contributed by atoms with E-state index in [0.29, 0.717) is 11.3 Å². The monoisotopic (exact) mass is 275 g/mol. The zero-order chi connectivity index (χ0) is 10.2. The third-order valence-corrected chi connectivity index (χ3v) is 3.41. The Balaban J connectivity index is 0.00000112.